The molecule has 0 aliphatic heterocycles. The van der Waals surface area contributed by atoms with E-state index in [1.807, 2.05) is 0 Å². The Hall–Kier alpha value is -2.50. The lowest BCUT2D eigenvalue weighted by Gasteiger charge is -1.94. The quantitative estimate of drug-likeness (QED) is 0.842. The molecule has 0 unspecified atom stereocenters. The summed E-state index contributed by atoms with van der Waals surface area (Å²) >= 11 is 0. The van der Waals surface area contributed by atoms with Crippen molar-refractivity contribution < 1.29 is 28.6 Å². The van der Waals surface area contributed by atoms with Gasteiger partial charge in [-0.15, -0.1) is 0 Å². The third kappa shape index (κ3) is 2.60. The van der Waals surface area contributed by atoms with E-state index >= 15 is 0 Å². The number of carboxylic acids is 2. The molecule has 2 aromatic heterocycles. The van der Waals surface area contributed by atoms with E-state index in [4.69, 9.17) is 19.0 Å². The van der Waals surface area contributed by atoms with Gasteiger partial charge in [0.2, 0.25) is 11.5 Å². The summed E-state index contributed by atoms with van der Waals surface area (Å²) in [5, 5.41) is 17.3. The van der Waals surface area contributed by atoms with E-state index in [2.05, 4.69) is 0 Å². The van der Waals surface area contributed by atoms with Crippen LogP contribution in [-0.2, 0) is 12.8 Å². The Morgan fingerprint density at radius 2 is 1.22 bits per heavy atom. The van der Waals surface area contributed by atoms with Crippen molar-refractivity contribution in [3.63, 3.8) is 0 Å². The summed E-state index contributed by atoms with van der Waals surface area (Å²) in [7, 11) is 0. The Balaban J connectivity index is 1.97. The number of furan rings is 2. The third-order valence-corrected chi connectivity index (χ3v) is 2.36. The van der Waals surface area contributed by atoms with Crippen molar-refractivity contribution in [2.45, 2.75) is 12.8 Å². The van der Waals surface area contributed by atoms with E-state index in [1.165, 1.54) is 12.1 Å². The summed E-state index contributed by atoms with van der Waals surface area (Å²) in [6.07, 6.45) is 0.889. The molecule has 0 amide bonds. The van der Waals surface area contributed by atoms with Crippen LogP contribution in [0.25, 0.3) is 0 Å². The molecule has 6 heteroatoms. The molecule has 18 heavy (non-hydrogen) atoms. The van der Waals surface area contributed by atoms with Crippen LogP contribution in [0.3, 0.4) is 0 Å². The molecule has 0 spiro atoms. The zero-order chi connectivity index (χ0) is 13.1. The fourth-order valence-corrected chi connectivity index (χ4v) is 1.50. The monoisotopic (exact) mass is 250 g/mol. The van der Waals surface area contributed by atoms with E-state index in [0.29, 0.717) is 24.4 Å². The van der Waals surface area contributed by atoms with Crippen molar-refractivity contribution in [2.24, 2.45) is 0 Å². The van der Waals surface area contributed by atoms with Crippen LogP contribution in [-0.4, -0.2) is 22.2 Å². The Bertz CT molecular complexity index is 525. The second kappa shape index (κ2) is 4.79. The van der Waals surface area contributed by atoms with Crippen LogP contribution in [0.5, 0.6) is 0 Å². The molecule has 2 rings (SSSR count). The molecule has 2 aromatic rings. The van der Waals surface area contributed by atoms with Crippen molar-refractivity contribution in [3.05, 3.63) is 47.3 Å². The molecule has 6 nitrogen and oxygen atoms in total. The number of carboxylic acid groups (broad SMARTS) is 2. The van der Waals surface area contributed by atoms with Crippen LogP contribution in [0.1, 0.15) is 32.6 Å². The highest BCUT2D eigenvalue weighted by atomic mass is 16.4. The summed E-state index contributed by atoms with van der Waals surface area (Å²) in [4.78, 5) is 21.2. The average molecular weight is 250 g/mol. The first-order chi connectivity index (χ1) is 8.56. The second-order valence-corrected chi connectivity index (χ2v) is 3.64. The van der Waals surface area contributed by atoms with Crippen LogP contribution in [0, 0.1) is 0 Å². The number of hydrogen-bond donors (Lipinski definition) is 2. The van der Waals surface area contributed by atoms with Gasteiger partial charge in [0.05, 0.1) is 0 Å². The third-order valence-electron chi connectivity index (χ3n) is 2.36. The number of aryl methyl sites for hydroxylation is 2. The fraction of sp³-hybridized carbons (Fsp3) is 0.167. The Morgan fingerprint density at radius 3 is 1.50 bits per heavy atom. The van der Waals surface area contributed by atoms with Gasteiger partial charge in [-0.2, -0.15) is 0 Å². The van der Waals surface area contributed by atoms with Gasteiger partial charge in [-0.05, 0) is 24.3 Å². The first-order valence-electron chi connectivity index (χ1n) is 5.20. The molecule has 0 aliphatic carbocycles. The van der Waals surface area contributed by atoms with Crippen LogP contribution in [0.4, 0.5) is 0 Å². The van der Waals surface area contributed by atoms with E-state index in [1.54, 1.807) is 12.1 Å². The minimum Gasteiger partial charge on any atom is -0.475 e. The molecule has 0 aliphatic rings. The summed E-state index contributed by atoms with van der Waals surface area (Å²) < 4.78 is 10.1. The molecule has 2 N–H and O–H groups in total. The van der Waals surface area contributed by atoms with Gasteiger partial charge in [0.25, 0.3) is 0 Å². The minimum atomic E-state index is -1.12. The number of hydrogen-bond acceptors (Lipinski definition) is 4. The van der Waals surface area contributed by atoms with Crippen molar-refractivity contribution >= 4 is 11.9 Å². The molecule has 0 aromatic carbocycles. The predicted octanol–water partition coefficient (Wildman–Crippen LogP) is 2.05. The fourth-order valence-electron chi connectivity index (χ4n) is 1.50. The molecular formula is C12H10O6. The lowest BCUT2D eigenvalue weighted by molar-refractivity contribution is 0.0649. The van der Waals surface area contributed by atoms with Crippen molar-refractivity contribution in [1.29, 1.82) is 0 Å². The van der Waals surface area contributed by atoms with Crippen LogP contribution < -0.4 is 0 Å². The molecule has 0 fully saturated rings. The van der Waals surface area contributed by atoms with Gasteiger partial charge in [0, 0.05) is 12.8 Å². The molecule has 94 valence electrons. The second-order valence-electron chi connectivity index (χ2n) is 3.64. The predicted molar refractivity (Wildman–Crippen MR) is 58.7 cm³/mol. The maximum atomic E-state index is 10.6. The van der Waals surface area contributed by atoms with E-state index in [9.17, 15) is 9.59 Å². The molecule has 0 bridgehead atoms. The Labute approximate surface area is 101 Å². The molecule has 0 atom stereocenters. The maximum Gasteiger partial charge on any atom is 0.371 e. The van der Waals surface area contributed by atoms with E-state index in [0.717, 1.165) is 0 Å². The van der Waals surface area contributed by atoms with Crippen molar-refractivity contribution in [1.82, 2.24) is 0 Å². The highest BCUT2D eigenvalue weighted by Crippen LogP contribution is 2.14. The number of rotatable bonds is 5. The topological polar surface area (TPSA) is 101 Å². The van der Waals surface area contributed by atoms with Gasteiger partial charge in [0.15, 0.2) is 0 Å². The van der Waals surface area contributed by atoms with Crippen LogP contribution >= 0.6 is 0 Å². The minimum absolute atomic E-state index is 0.115. The van der Waals surface area contributed by atoms with Crippen molar-refractivity contribution in [3.8, 4) is 0 Å². The van der Waals surface area contributed by atoms with Gasteiger partial charge in [-0.3, -0.25) is 0 Å². The molecule has 0 saturated heterocycles. The summed E-state index contributed by atoms with van der Waals surface area (Å²) in [6, 6.07) is 5.90. The Kier molecular flexibility index (Phi) is 3.18. The van der Waals surface area contributed by atoms with Gasteiger partial charge in [-0.1, -0.05) is 0 Å². The van der Waals surface area contributed by atoms with Gasteiger partial charge in [0.1, 0.15) is 11.5 Å². The summed E-state index contributed by atoms with van der Waals surface area (Å²) in [5.74, 6) is -1.44. The first-order valence-corrected chi connectivity index (χ1v) is 5.20. The SMILES string of the molecule is O=C(O)c1ccc(CCc2ccc(C(=O)O)o2)o1. The molecule has 2 heterocycles. The lowest BCUT2D eigenvalue weighted by atomic mass is 10.2. The largest absolute Gasteiger partial charge is 0.475 e. The molecular weight excluding hydrogens is 240 g/mol. The van der Waals surface area contributed by atoms with Crippen LogP contribution in [0.2, 0.25) is 0 Å². The van der Waals surface area contributed by atoms with E-state index < -0.39 is 11.9 Å². The normalized spacial score (nSPS) is 10.4. The van der Waals surface area contributed by atoms with Gasteiger partial charge < -0.3 is 19.0 Å². The summed E-state index contributed by atoms with van der Waals surface area (Å²) in [6.45, 7) is 0. The lowest BCUT2D eigenvalue weighted by Crippen LogP contribution is -1.93. The zero-order valence-electron chi connectivity index (χ0n) is 9.25. The standard InChI is InChI=1S/C12H10O6/c13-11(14)9-5-3-7(17-9)1-2-8-4-6-10(18-8)12(15)16/h3-6H,1-2H2,(H,13,14)(H,15,16). The molecule has 0 saturated carbocycles. The zero-order valence-corrected chi connectivity index (χ0v) is 9.25. The molecule has 0 radical (unpaired) electrons. The highest BCUT2D eigenvalue weighted by Gasteiger charge is 2.11. The first kappa shape index (κ1) is 12.0. The van der Waals surface area contributed by atoms with Crippen LogP contribution in [0.15, 0.2) is 33.1 Å². The highest BCUT2D eigenvalue weighted by molar-refractivity contribution is 5.84. The van der Waals surface area contributed by atoms with Crippen molar-refractivity contribution in [2.75, 3.05) is 0 Å². The maximum absolute atomic E-state index is 10.6. The average Bonchev–Trinajstić information content (AvgIpc) is 2.95. The van der Waals surface area contributed by atoms with Gasteiger partial charge >= 0.3 is 11.9 Å². The Morgan fingerprint density at radius 1 is 0.833 bits per heavy atom. The van der Waals surface area contributed by atoms with Gasteiger partial charge in [-0.25, -0.2) is 9.59 Å². The number of carbonyl (C=O) groups is 2. The smallest absolute Gasteiger partial charge is 0.371 e. The number of aromatic carboxylic acids is 2. The van der Waals surface area contributed by atoms with E-state index in [-0.39, 0.29) is 11.5 Å². The summed E-state index contributed by atoms with van der Waals surface area (Å²) in [5.41, 5.74) is 0.